The average molecular weight is 417 g/mol. The largest absolute Gasteiger partial charge is 0.491 e. The predicted octanol–water partition coefficient (Wildman–Crippen LogP) is 4.14. The van der Waals surface area contributed by atoms with Crippen molar-refractivity contribution in [1.29, 1.82) is 0 Å². The summed E-state index contributed by atoms with van der Waals surface area (Å²) < 4.78 is 5.75. The Balaban J connectivity index is 1.32. The van der Waals surface area contributed by atoms with Crippen molar-refractivity contribution in [2.24, 2.45) is 0 Å². The molecule has 1 N–H and O–H groups in total. The van der Waals surface area contributed by atoms with Gasteiger partial charge in [-0.15, -0.1) is 0 Å². The molecule has 0 spiro atoms. The molecular weight excluding hydrogens is 384 g/mol. The Morgan fingerprint density at radius 3 is 1.87 bits per heavy atom. The van der Waals surface area contributed by atoms with Crippen molar-refractivity contribution in [3.8, 4) is 5.75 Å². The third-order valence-electron chi connectivity index (χ3n) is 5.93. The van der Waals surface area contributed by atoms with E-state index in [0.29, 0.717) is 13.2 Å². The monoisotopic (exact) mass is 416 g/mol. The quantitative estimate of drug-likeness (QED) is 0.599. The number of β-amino-alcohol motifs (C(OH)–C–C–N with tert-alkyl or cyclic N) is 1. The fourth-order valence-corrected chi connectivity index (χ4v) is 4.27. The van der Waals surface area contributed by atoms with Gasteiger partial charge in [-0.2, -0.15) is 0 Å². The van der Waals surface area contributed by atoms with E-state index in [9.17, 15) is 5.11 Å². The van der Waals surface area contributed by atoms with Crippen molar-refractivity contribution in [2.75, 3.05) is 39.3 Å². The zero-order valence-corrected chi connectivity index (χ0v) is 18.2. The summed E-state index contributed by atoms with van der Waals surface area (Å²) in [5.41, 5.74) is 3.86. The lowest BCUT2D eigenvalue weighted by atomic mass is 9.96. The van der Waals surface area contributed by atoms with Crippen molar-refractivity contribution in [3.63, 3.8) is 0 Å². The highest BCUT2D eigenvalue weighted by Gasteiger charge is 2.27. The number of piperazine rings is 1. The fraction of sp³-hybridized carbons (Fsp3) is 0.333. The predicted molar refractivity (Wildman–Crippen MR) is 125 cm³/mol. The Kier molecular flexibility index (Phi) is 7.36. The van der Waals surface area contributed by atoms with E-state index in [4.69, 9.17) is 4.74 Å². The van der Waals surface area contributed by atoms with Gasteiger partial charge in [0.15, 0.2) is 0 Å². The first-order chi connectivity index (χ1) is 15.2. The number of benzene rings is 3. The maximum absolute atomic E-state index is 10.5. The first-order valence-corrected chi connectivity index (χ1v) is 11.1. The van der Waals surface area contributed by atoms with Crippen molar-refractivity contribution < 1.29 is 9.84 Å². The molecule has 31 heavy (non-hydrogen) atoms. The number of hydrogen-bond acceptors (Lipinski definition) is 4. The standard InChI is InChI=1S/C27H32N2O2/c1-22-12-14-26(15-13-22)31-21-25(30)20-28-16-18-29(19-17-28)27(23-8-4-2-5-9-23)24-10-6-3-7-11-24/h2-15,25,27,30H,16-21H2,1H3/t25-/m1/s1. The first-order valence-electron chi connectivity index (χ1n) is 11.1. The molecule has 1 saturated heterocycles. The molecule has 0 radical (unpaired) electrons. The smallest absolute Gasteiger partial charge is 0.119 e. The molecule has 1 heterocycles. The van der Waals surface area contributed by atoms with Crippen LogP contribution in [0.1, 0.15) is 22.7 Å². The summed E-state index contributed by atoms with van der Waals surface area (Å²) in [6.07, 6.45) is -0.494. The zero-order chi connectivity index (χ0) is 21.5. The lowest BCUT2D eigenvalue weighted by Crippen LogP contribution is -2.50. The lowest BCUT2D eigenvalue weighted by molar-refractivity contribution is 0.0401. The van der Waals surface area contributed by atoms with Crippen LogP contribution in [0.4, 0.5) is 0 Å². The molecule has 4 nitrogen and oxygen atoms in total. The molecule has 0 bridgehead atoms. The molecular formula is C27H32N2O2. The summed E-state index contributed by atoms with van der Waals surface area (Å²) in [7, 11) is 0. The van der Waals surface area contributed by atoms with Crippen LogP contribution < -0.4 is 4.74 Å². The van der Waals surface area contributed by atoms with Gasteiger partial charge in [0.05, 0.1) is 6.04 Å². The molecule has 162 valence electrons. The van der Waals surface area contributed by atoms with Crippen molar-refractivity contribution in [3.05, 3.63) is 102 Å². The zero-order valence-electron chi connectivity index (χ0n) is 18.2. The number of aliphatic hydroxyl groups is 1. The van der Waals surface area contributed by atoms with Gasteiger partial charge in [0, 0.05) is 32.7 Å². The summed E-state index contributed by atoms with van der Waals surface area (Å²) in [6.45, 7) is 6.84. The van der Waals surface area contributed by atoms with E-state index in [0.717, 1.165) is 31.9 Å². The minimum absolute atomic E-state index is 0.263. The Hall–Kier alpha value is -2.66. The van der Waals surface area contributed by atoms with Crippen molar-refractivity contribution >= 4 is 0 Å². The highest BCUT2D eigenvalue weighted by molar-refractivity contribution is 5.32. The van der Waals surface area contributed by atoms with Gasteiger partial charge in [-0.25, -0.2) is 0 Å². The summed E-state index contributed by atoms with van der Waals surface area (Å²) in [5, 5.41) is 10.5. The van der Waals surface area contributed by atoms with Gasteiger partial charge in [0.25, 0.3) is 0 Å². The second-order valence-corrected chi connectivity index (χ2v) is 8.34. The van der Waals surface area contributed by atoms with E-state index < -0.39 is 6.10 Å². The molecule has 0 amide bonds. The molecule has 0 saturated carbocycles. The molecule has 0 aromatic heterocycles. The fourth-order valence-electron chi connectivity index (χ4n) is 4.27. The number of rotatable bonds is 8. The van der Waals surface area contributed by atoms with Crippen LogP contribution in [0.15, 0.2) is 84.9 Å². The maximum Gasteiger partial charge on any atom is 0.119 e. The van der Waals surface area contributed by atoms with Crippen LogP contribution in [0.25, 0.3) is 0 Å². The van der Waals surface area contributed by atoms with Crippen LogP contribution in [-0.2, 0) is 0 Å². The Bertz CT molecular complexity index is 867. The van der Waals surface area contributed by atoms with Crippen molar-refractivity contribution in [2.45, 2.75) is 19.1 Å². The maximum atomic E-state index is 10.5. The van der Waals surface area contributed by atoms with Crippen molar-refractivity contribution in [1.82, 2.24) is 9.80 Å². The molecule has 1 aliphatic heterocycles. The number of nitrogens with zero attached hydrogens (tertiary/aromatic N) is 2. The van der Waals surface area contributed by atoms with E-state index in [2.05, 4.69) is 77.4 Å². The molecule has 4 rings (SSSR count). The highest BCUT2D eigenvalue weighted by Crippen LogP contribution is 2.29. The molecule has 1 fully saturated rings. The highest BCUT2D eigenvalue weighted by atomic mass is 16.5. The van der Waals surface area contributed by atoms with Crippen LogP contribution in [0.5, 0.6) is 5.75 Å². The van der Waals surface area contributed by atoms with Gasteiger partial charge in [-0.05, 0) is 30.2 Å². The molecule has 1 aliphatic rings. The third kappa shape index (κ3) is 5.95. The second-order valence-electron chi connectivity index (χ2n) is 8.34. The summed E-state index contributed by atoms with van der Waals surface area (Å²) in [5.74, 6) is 0.808. The minimum Gasteiger partial charge on any atom is -0.491 e. The van der Waals surface area contributed by atoms with E-state index >= 15 is 0 Å². The van der Waals surface area contributed by atoms with Crippen LogP contribution in [0, 0.1) is 6.92 Å². The van der Waals surface area contributed by atoms with Crippen LogP contribution in [0.3, 0.4) is 0 Å². The second kappa shape index (κ2) is 10.6. The third-order valence-corrected chi connectivity index (χ3v) is 5.93. The van der Waals surface area contributed by atoms with Gasteiger partial charge >= 0.3 is 0 Å². The Labute approximate surface area is 185 Å². The first kappa shape index (κ1) is 21.6. The van der Waals surface area contributed by atoms with Gasteiger partial charge in [0.2, 0.25) is 0 Å². The number of hydrogen-bond donors (Lipinski definition) is 1. The summed E-state index contributed by atoms with van der Waals surface area (Å²) >= 11 is 0. The van der Waals surface area contributed by atoms with Gasteiger partial charge < -0.3 is 9.84 Å². The SMILES string of the molecule is Cc1ccc(OC[C@H](O)CN2CCN(C(c3ccccc3)c3ccccc3)CC2)cc1. The lowest BCUT2D eigenvalue weighted by Gasteiger charge is -2.40. The average Bonchev–Trinajstić information content (AvgIpc) is 2.81. The van der Waals surface area contributed by atoms with Gasteiger partial charge in [-0.1, -0.05) is 78.4 Å². The Morgan fingerprint density at radius 1 is 0.774 bits per heavy atom. The van der Waals surface area contributed by atoms with E-state index in [1.807, 2.05) is 24.3 Å². The van der Waals surface area contributed by atoms with Crippen LogP contribution >= 0.6 is 0 Å². The molecule has 3 aromatic carbocycles. The summed E-state index contributed by atoms with van der Waals surface area (Å²) in [6, 6.07) is 29.7. The Morgan fingerprint density at radius 2 is 1.32 bits per heavy atom. The van der Waals surface area contributed by atoms with E-state index in [1.165, 1.54) is 16.7 Å². The van der Waals surface area contributed by atoms with Crippen LogP contribution in [-0.4, -0.2) is 60.3 Å². The molecule has 1 atom stereocenters. The molecule has 4 heteroatoms. The molecule has 3 aromatic rings. The van der Waals surface area contributed by atoms with Gasteiger partial charge in [0.1, 0.15) is 18.5 Å². The molecule has 0 aliphatic carbocycles. The molecule has 0 unspecified atom stereocenters. The topological polar surface area (TPSA) is 35.9 Å². The number of aryl methyl sites for hydroxylation is 1. The van der Waals surface area contributed by atoms with Crippen LogP contribution in [0.2, 0.25) is 0 Å². The van der Waals surface area contributed by atoms with E-state index in [-0.39, 0.29) is 6.04 Å². The number of ether oxygens (including phenoxy) is 1. The van der Waals surface area contributed by atoms with E-state index in [1.54, 1.807) is 0 Å². The van der Waals surface area contributed by atoms with Gasteiger partial charge in [-0.3, -0.25) is 9.80 Å². The minimum atomic E-state index is -0.494. The summed E-state index contributed by atoms with van der Waals surface area (Å²) in [4.78, 5) is 4.89. The normalized spacial score (nSPS) is 16.4. The number of aliphatic hydroxyl groups excluding tert-OH is 1.